The Morgan fingerprint density at radius 3 is 1.89 bits per heavy atom. The maximum Gasteiger partial charge on any atom is 3.00 e. The first kappa shape index (κ1) is 37.5. The second-order valence-electron chi connectivity index (χ2n) is 3.03. The molecule has 3 radical (unpaired) electrons. The molecule has 18 heavy (non-hydrogen) atoms. The Hall–Kier alpha value is 3.31. The second kappa shape index (κ2) is 22.6. The Balaban J connectivity index is -0.0000000600. The summed E-state index contributed by atoms with van der Waals surface area (Å²) in [6.07, 6.45) is 2.84. The van der Waals surface area contributed by atoms with Gasteiger partial charge in [0.1, 0.15) is 0 Å². The Morgan fingerprint density at radius 2 is 1.61 bits per heavy atom. The maximum atomic E-state index is 3.80. The number of aliphatic imine (C=N–C) groups is 1. The largest absolute Gasteiger partial charge is 3.00 e. The zero-order valence-electron chi connectivity index (χ0n) is 12.1. The molecule has 0 spiro atoms. The van der Waals surface area contributed by atoms with Crippen LogP contribution in [0.15, 0.2) is 23.2 Å². The topological polar surface area (TPSA) is 12.4 Å². The second-order valence-corrected chi connectivity index (χ2v) is 3.03. The van der Waals surface area contributed by atoms with Crippen molar-refractivity contribution in [3.05, 3.63) is 50.2 Å². The number of hydrogen-bond donors (Lipinski definition) is 0. The molecule has 0 heterocycles. The molecule has 1 aromatic carbocycles. The fourth-order valence-corrected chi connectivity index (χ4v) is 0.986. The Morgan fingerprint density at radius 1 is 1.11 bits per heavy atom. The van der Waals surface area contributed by atoms with Gasteiger partial charge in [-0.05, 0) is 13.0 Å². The molecule has 5 heteroatoms. The van der Waals surface area contributed by atoms with E-state index < -0.39 is 0 Å². The van der Waals surface area contributed by atoms with E-state index in [2.05, 4.69) is 37.2 Å². The molecular formula is C13H19NY4-. The van der Waals surface area contributed by atoms with Gasteiger partial charge in [0.25, 0.3) is 0 Å². The summed E-state index contributed by atoms with van der Waals surface area (Å²) in [5, 5.41) is 0. The van der Waals surface area contributed by atoms with Crippen LogP contribution in [0.25, 0.3) is 0 Å². The van der Waals surface area contributed by atoms with Crippen LogP contribution < -0.4 is 0 Å². The van der Waals surface area contributed by atoms with Crippen molar-refractivity contribution >= 4 is 6.21 Å². The standard InChI is InChI=1S/C11H13N.2CH3.4Y/c1-9(2)11-6-4-10(5-7-11)8-12-3;;;;;;/h4,6-7,9H,1-3H3;2*1H3;;;;/q-2;2*-1;;;;+3. The summed E-state index contributed by atoms with van der Waals surface area (Å²) in [6, 6.07) is 9.19. The molecule has 0 fully saturated rings. The summed E-state index contributed by atoms with van der Waals surface area (Å²) >= 11 is 0. The minimum atomic E-state index is 0. The molecule has 0 atom stereocenters. The van der Waals surface area contributed by atoms with Gasteiger partial charge < -0.3 is 31.5 Å². The molecule has 0 aliphatic rings. The first-order valence-corrected chi connectivity index (χ1v) is 4.10. The van der Waals surface area contributed by atoms with E-state index >= 15 is 0 Å². The van der Waals surface area contributed by atoms with E-state index in [0.717, 1.165) is 5.56 Å². The maximum absolute atomic E-state index is 3.80. The molecule has 0 aromatic heterocycles. The van der Waals surface area contributed by atoms with Gasteiger partial charge in [-0.3, -0.25) is 12.3 Å². The van der Waals surface area contributed by atoms with Crippen LogP contribution in [0, 0.1) is 20.9 Å². The molecule has 0 amide bonds. The Labute approximate surface area is 214 Å². The van der Waals surface area contributed by atoms with E-state index in [9.17, 15) is 0 Å². The van der Waals surface area contributed by atoms with Crippen molar-refractivity contribution in [2.24, 2.45) is 4.99 Å². The van der Waals surface area contributed by atoms with E-state index in [0.29, 0.717) is 5.92 Å². The molecule has 0 unspecified atom stereocenters. The van der Waals surface area contributed by atoms with Crippen LogP contribution in [-0.4, -0.2) is 13.3 Å². The molecular weight excluding hydrogens is 526 g/mol. The summed E-state index contributed by atoms with van der Waals surface area (Å²) in [5.74, 6) is 0.564. The van der Waals surface area contributed by atoms with Gasteiger partial charge in [0.05, 0.1) is 0 Å². The minimum absolute atomic E-state index is 0. The molecule has 0 aliphatic heterocycles. The van der Waals surface area contributed by atoms with Crippen molar-refractivity contribution in [2.75, 3.05) is 7.05 Å². The van der Waals surface area contributed by atoms with Crippen molar-refractivity contribution in [2.45, 2.75) is 19.8 Å². The van der Waals surface area contributed by atoms with Crippen LogP contribution >= 0.6 is 0 Å². The van der Waals surface area contributed by atoms with Gasteiger partial charge >= 0.3 is 32.7 Å². The first-order valence-electron chi connectivity index (χ1n) is 4.10. The smallest absolute Gasteiger partial charge is 0.436 e. The number of nitrogens with zero attached hydrogens (tertiary/aromatic N) is 1. The molecule has 0 aliphatic carbocycles. The molecule has 0 bridgehead atoms. The number of rotatable bonds is 2. The van der Waals surface area contributed by atoms with Gasteiger partial charge in [0.15, 0.2) is 0 Å². The van der Waals surface area contributed by atoms with Gasteiger partial charge in [-0.25, -0.2) is 0 Å². The molecule has 0 saturated heterocycles. The van der Waals surface area contributed by atoms with Crippen molar-refractivity contribution in [1.82, 2.24) is 0 Å². The number of hydrogen-bond acceptors (Lipinski definition) is 1. The summed E-state index contributed by atoms with van der Waals surface area (Å²) in [7, 11) is 1.71. The predicted molar refractivity (Wildman–Crippen MR) is 64.7 cm³/mol. The molecule has 0 N–H and O–H groups in total. The predicted octanol–water partition coefficient (Wildman–Crippen LogP) is 3.43. The van der Waals surface area contributed by atoms with Crippen LogP contribution in [0.5, 0.6) is 0 Å². The SMILES string of the molecule is CN=[C-]c1[c-]cc(C(C)C)cc1.[CH3-].[CH3-].[Y+3].[Y].[Y].[Y]. The van der Waals surface area contributed by atoms with Crippen LogP contribution in [0.4, 0.5) is 0 Å². The van der Waals surface area contributed by atoms with Gasteiger partial charge in [0.2, 0.25) is 0 Å². The van der Waals surface area contributed by atoms with Crippen molar-refractivity contribution in [3.63, 3.8) is 0 Å². The summed E-state index contributed by atoms with van der Waals surface area (Å²) < 4.78 is 0. The van der Waals surface area contributed by atoms with Gasteiger partial charge in [-0.15, -0.1) is 0 Å². The van der Waals surface area contributed by atoms with Crippen LogP contribution in [0.3, 0.4) is 0 Å². The molecule has 89 valence electrons. The van der Waals surface area contributed by atoms with Crippen molar-refractivity contribution in [3.8, 4) is 0 Å². The van der Waals surface area contributed by atoms with E-state index in [-0.39, 0.29) is 146 Å². The van der Waals surface area contributed by atoms with Crippen molar-refractivity contribution < 1.29 is 131 Å². The first-order chi connectivity index (χ1) is 5.74. The fourth-order valence-electron chi connectivity index (χ4n) is 0.986. The monoisotopic (exact) mass is 545 g/mol. The molecule has 1 rings (SSSR count). The minimum Gasteiger partial charge on any atom is -0.436 e. The third kappa shape index (κ3) is 15.7. The fraction of sp³-hybridized carbons (Fsp3) is 0.308. The van der Waals surface area contributed by atoms with Gasteiger partial charge in [-0.1, -0.05) is 19.4 Å². The molecule has 0 saturated carbocycles. The summed E-state index contributed by atoms with van der Waals surface area (Å²) in [5.41, 5.74) is 2.22. The number of benzene rings is 1. The zero-order chi connectivity index (χ0) is 8.97. The Bertz CT molecular complexity index is 271. The third-order valence-electron chi connectivity index (χ3n) is 1.74. The van der Waals surface area contributed by atoms with Crippen LogP contribution in [0.2, 0.25) is 0 Å². The summed E-state index contributed by atoms with van der Waals surface area (Å²) in [4.78, 5) is 3.80. The normalized spacial score (nSPS) is 7.56. The molecule has 1 aromatic rings. The quantitative estimate of drug-likeness (QED) is 0.400. The van der Waals surface area contributed by atoms with Gasteiger partial charge in [-0.2, -0.15) is 12.1 Å². The van der Waals surface area contributed by atoms with Gasteiger partial charge in [0, 0.05) is 98.1 Å². The summed E-state index contributed by atoms with van der Waals surface area (Å²) in [6.45, 7) is 4.33. The van der Waals surface area contributed by atoms with E-state index in [1.165, 1.54) is 5.56 Å². The average molecular weight is 545 g/mol. The Kier molecular flexibility index (Phi) is 47.1. The van der Waals surface area contributed by atoms with Crippen LogP contribution in [-0.2, 0) is 131 Å². The molecule has 1 nitrogen and oxygen atoms in total. The van der Waals surface area contributed by atoms with E-state index in [4.69, 9.17) is 0 Å². The average Bonchev–Trinajstić information content (AvgIpc) is 2.06. The van der Waals surface area contributed by atoms with E-state index in [1.807, 2.05) is 12.1 Å². The third-order valence-corrected chi connectivity index (χ3v) is 1.74. The zero-order valence-corrected chi connectivity index (χ0v) is 23.4. The van der Waals surface area contributed by atoms with Crippen molar-refractivity contribution in [1.29, 1.82) is 0 Å². The van der Waals surface area contributed by atoms with E-state index in [1.54, 1.807) is 7.05 Å². The van der Waals surface area contributed by atoms with Crippen LogP contribution in [0.1, 0.15) is 30.9 Å².